The zero-order chi connectivity index (χ0) is 36.2. The zero-order valence-corrected chi connectivity index (χ0v) is 32.5. The van der Waals surface area contributed by atoms with Gasteiger partial charge in [-0.2, -0.15) is 0 Å². The fourth-order valence-corrected chi connectivity index (χ4v) is 6.37. The number of ether oxygens (including phenoxy) is 3. The summed E-state index contributed by atoms with van der Waals surface area (Å²) in [4.78, 5) is 37.6. The minimum absolute atomic E-state index is 0.107. The molecule has 6 heteroatoms. The highest BCUT2D eigenvalue weighted by atomic mass is 16.6. The average molecular weight is 701 g/mol. The zero-order valence-electron chi connectivity index (χ0n) is 32.5. The fourth-order valence-electron chi connectivity index (χ4n) is 6.37. The maximum atomic E-state index is 12.6. The van der Waals surface area contributed by atoms with Crippen LogP contribution in [0.25, 0.3) is 0 Å². The lowest BCUT2D eigenvalue weighted by molar-refractivity contribution is -0.161. The lowest BCUT2D eigenvalue weighted by atomic mass is 10.0. The minimum Gasteiger partial charge on any atom is -0.462 e. The minimum atomic E-state index is -0.817. The molecule has 1 rings (SSSR count). The SMILES string of the molecule is CCCCCCCCCCCCCCCCCC(=O)OCC(COC(=O)c1ccccc1)OC(=O)CCCCCCCCCCCCCCC. The summed E-state index contributed by atoms with van der Waals surface area (Å²) >= 11 is 0. The van der Waals surface area contributed by atoms with Gasteiger partial charge in [0.1, 0.15) is 13.2 Å². The summed E-state index contributed by atoms with van der Waals surface area (Å²) in [7, 11) is 0. The lowest BCUT2D eigenvalue weighted by Gasteiger charge is -2.18. The van der Waals surface area contributed by atoms with Crippen molar-refractivity contribution >= 4 is 17.9 Å². The summed E-state index contributed by atoms with van der Waals surface area (Å²) in [5.41, 5.74) is 0.426. The van der Waals surface area contributed by atoms with E-state index < -0.39 is 12.1 Å². The molecule has 0 radical (unpaired) electrons. The van der Waals surface area contributed by atoms with E-state index in [0.29, 0.717) is 18.4 Å². The van der Waals surface area contributed by atoms with Crippen molar-refractivity contribution in [1.29, 1.82) is 0 Å². The Morgan fingerprint density at radius 3 is 1.18 bits per heavy atom. The summed E-state index contributed by atoms with van der Waals surface area (Å²) < 4.78 is 16.5. The van der Waals surface area contributed by atoms with Gasteiger partial charge in [-0.15, -0.1) is 0 Å². The van der Waals surface area contributed by atoms with E-state index in [9.17, 15) is 14.4 Å². The third kappa shape index (κ3) is 29.4. The number of esters is 3. The van der Waals surface area contributed by atoms with Gasteiger partial charge in [0.05, 0.1) is 5.56 Å². The van der Waals surface area contributed by atoms with Crippen molar-refractivity contribution in [1.82, 2.24) is 0 Å². The molecule has 50 heavy (non-hydrogen) atoms. The van der Waals surface area contributed by atoms with E-state index >= 15 is 0 Å². The van der Waals surface area contributed by atoms with Gasteiger partial charge in [-0.25, -0.2) is 4.79 Å². The van der Waals surface area contributed by atoms with E-state index in [4.69, 9.17) is 14.2 Å². The largest absolute Gasteiger partial charge is 0.462 e. The van der Waals surface area contributed by atoms with Gasteiger partial charge in [0.2, 0.25) is 0 Å². The number of benzene rings is 1. The Balaban J connectivity index is 2.21. The third-order valence-electron chi connectivity index (χ3n) is 9.61. The molecule has 0 spiro atoms. The molecule has 0 aliphatic carbocycles. The number of rotatable bonds is 36. The van der Waals surface area contributed by atoms with Crippen molar-refractivity contribution in [2.75, 3.05) is 13.2 Å². The van der Waals surface area contributed by atoms with Crippen LogP contribution >= 0.6 is 0 Å². The first-order valence-corrected chi connectivity index (χ1v) is 21.1. The molecule has 6 nitrogen and oxygen atoms in total. The highest BCUT2D eigenvalue weighted by molar-refractivity contribution is 5.89. The molecule has 1 unspecified atom stereocenters. The van der Waals surface area contributed by atoms with Crippen LogP contribution in [0.15, 0.2) is 30.3 Å². The molecule has 0 aromatic heterocycles. The lowest BCUT2D eigenvalue weighted by Crippen LogP contribution is -2.30. The number of unbranched alkanes of at least 4 members (excludes halogenated alkanes) is 26. The number of carbonyl (C=O) groups is 3. The van der Waals surface area contributed by atoms with Gasteiger partial charge in [-0.1, -0.05) is 199 Å². The molecule has 0 amide bonds. The van der Waals surface area contributed by atoms with Gasteiger partial charge in [-0.3, -0.25) is 9.59 Å². The van der Waals surface area contributed by atoms with Crippen molar-refractivity contribution in [2.24, 2.45) is 0 Å². The molecule has 0 saturated carbocycles. The summed E-state index contributed by atoms with van der Waals surface area (Å²) in [6.07, 6.45) is 35.1. The van der Waals surface area contributed by atoms with Crippen molar-refractivity contribution in [3.8, 4) is 0 Å². The Labute approximate surface area is 307 Å². The van der Waals surface area contributed by atoms with E-state index in [-0.39, 0.29) is 25.2 Å². The Bertz CT molecular complexity index is 916. The molecule has 1 atom stereocenters. The van der Waals surface area contributed by atoms with Crippen molar-refractivity contribution < 1.29 is 28.6 Å². The molecule has 0 bridgehead atoms. The van der Waals surface area contributed by atoms with Gasteiger partial charge in [0.15, 0.2) is 6.10 Å². The average Bonchev–Trinajstić information content (AvgIpc) is 3.13. The smallest absolute Gasteiger partial charge is 0.338 e. The molecule has 288 valence electrons. The summed E-state index contributed by atoms with van der Waals surface area (Å²) in [6.45, 7) is 4.27. The van der Waals surface area contributed by atoms with Crippen LogP contribution in [0.1, 0.15) is 217 Å². The predicted molar refractivity (Wildman–Crippen MR) is 207 cm³/mol. The van der Waals surface area contributed by atoms with Crippen LogP contribution in [0.3, 0.4) is 0 Å². The summed E-state index contributed by atoms with van der Waals surface area (Å²) in [5.74, 6) is -1.13. The molecule has 1 aromatic rings. The van der Waals surface area contributed by atoms with E-state index in [1.165, 1.54) is 141 Å². The van der Waals surface area contributed by atoms with Crippen molar-refractivity contribution in [3.63, 3.8) is 0 Å². The monoisotopic (exact) mass is 701 g/mol. The molecule has 0 aliphatic rings. The van der Waals surface area contributed by atoms with Gasteiger partial charge in [0.25, 0.3) is 0 Å². The maximum absolute atomic E-state index is 12.6. The van der Waals surface area contributed by atoms with Gasteiger partial charge in [0, 0.05) is 12.8 Å². The van der Waals surface area contributed by atoms with E-state index in [0.717, 1.165) is 38.5 Å². The normalized spacial score (nSPS) is 11.7. The molecule has 0 aliphatic heterocycles. The Morgan fingerprint density at radius 2 is 0.780 bits per heavy atom. The standard InChI is InChI=1S/C44H76O6/c1-3-5-7-9-11-13-15-17-18-20-21-23-25-27-32-36-42(45)48-38-41(39-49-44(47)40-34-30-29-31-35-40)50-43(46)37-33-28-26-24-22-19-16-14-12-10-8-6-4-2/h29-31,34-35,41H,3-28,32-33,36-39H2,1-2H3. The first-order chi connectivity index (χ1) is 24.6. The van der Waals surface area contributed by atoms with Crippen LogP contribution in [0.5, 0.6) is 0 Å². The number of carbonyl (C=O) groups excluding carboxylic acids is 3. The van der Waals surface area contributed by atoms with Crippen LogP contribution < -0.4 is 0 Å². The van der Waals surface area contributed by atoms with Gasteiger partial charge >= 0.3 is 17.9 Å². The third-order valence-corrected chi connectivity index (χ3v) is 9.61. The molecular weight excluding hydrogens is 624 g/mol. The topological polar surface area (TPSA) is 78.9 Å². The molecule has 0 fully saturated rings. The van der Waals surface area contributed by atoms with Crippen LogP contribution in [0, 0.1) is 0 Å². The highest BCUT2D eigenvalue weighted by Crippen LogP contribution is 2.16. The molecule has 1 aromatic carbocycles. The second-order valence-corrected chi connectivity index (χ2v) is 14.5. The van der Waals surface area contributed by atoms with Gasteiger partial charge < -0.3 is 14.2 Å². The Morgan fingerprint density at radius 1 is 0.440 bits per heavy atom. The van der Waals surface area contributed by atoms with Crippen LogP contribution in [0.2, 0.25) is 0 Å². The quantitative estimate of drug-likeness (QED) is 0.0394. The van der Waals surface area contributed by atoms with Crippen LogP contribution in [0.4, 0.5) is 0 Å². The van der Waals surface area contributed by atoms with Crippen LogP contribution in [-0.2, 0) is 23.8 Å². The second-order valence-electron chi connectivity index (χ2n) is 14.5. The fraction of sp³-hybridized carbons (Fsp3) is 0.795. The number of hydrogen-bond donors (Lipinski definition) is 0. The van der Waals surface area contributed by atoms with E-state index in [1.807, 2.05) is 6.07 Å². The maximum Gasteiger partial charge on any atom is 0.338 e. The van der Waals surface area contributed by atoms with Crippen LogP contribution in [-0.4, -0.2) is 37.2 Å². The van der Waals surface area contributed by atoms with Crippen molar-refractivity contribution in [2.45, 2.75) is 213 Å². The molecule has 0 saturated heterocycles. The molecular formula is C44H76O6. The first-order valence-electron chi connectivity index (χ1n) is 21.1. The van der Waals surface area contributed by atoms with Gasteiger partial charge in [-0.05, 0) is 25.0 Å². The Hall–Kier alpha value is -2.37. The second kappa shape index (κ2) is 35.1. The highest BCUT2D eigenvalue weighted by Gasteiger charge is 2.20. The van der Waals surface area contributed by atoms with E-state index in [2.05, 4.69) is 13.8 Å². The van der Waals surface area contributed by atoms with Crippen molar-refractivity contribution in [3.05, 3.63) is 35.9 Å². The molecule has 0 N–H and O–H groups in total. The molecule has 0 heterocycles. The first kappa shape index (κ1) is 45.7. The summed E-state index contributed by atoms with van der Waals surface area (Å²) in [5, 5.41) is 0. The van der Waals surface area contributed by atoms with E-state index in [1.54, 1.807) is 24.3 Å². The Kier molecular flexibility index (Phi) is 32.0. The summed E-state index contributed by atoms with van der Waals surface area (Å²) in [6, 6.07) is 8.72. The predicted octanol–water partition coefficient (Wildman–Crippen LogP) is 13.0. The number of hydrogen-bond acceptors (Lipinski definition) is 6.